The Bertz CT molecular complexity index is 686. The highest BCUT2D eigenvalue weighted by Gasteiger charge is 2.11. The van der Waals surface area contributed by atoms with Gasteiger partial charge in [-0.2, -0.15) is 0 Å². The number of nitrogens with one attached hydrogen (secondary N) is 2. The van der Waals surface area contributed by atoms with Crippen LogP contribution in [0.2, 0.25) is 0 Å². The van der Waals surface area contributed by atoms with E-state index in [0.29, 0.717) is 11.0 Å². The molecule has 2 aromatic rings. The molecule has 132 valence electrons. The first-order chi connectivity index (χ1) is 12.1. The molecular weight excluding hydrogens is 326 g/mol. The predicted octanol–water partition coefficient (Wildman–Crippen LogP) is 4.90. The summed E-state index contributed by atoms with van der Waals surface area (Å²) in [5.41, 5.74) is 4.92. The standard InChI is InChI=1S/C21H27N3S/c1-16(2)18-7-9-19(10-8-18)23-21(25)22-15-17-5-11-20(12-6-17)24-13-3-4-14-24/h5-12,16H,3-4,13-15H2,1-2H3,(H2,22,23,25). The molecule has 0 aromatic heterocycles. The van der Waals surface area contributed by atoms with Gasteiger partial charge in [0.25, 0.3) is 0 Å². The van der Waals surface area contributed by atoms with Crippen LogP contribution in [-0.4, -0.2) is 18.2 Å². The van der Waals surface area contributed by atoms with Gasteiger partial charge in [0.05, 0.1) is 0 Å². The first-order valence-electron chi connectivity index (χ1n) is 9.10. The van der Waals surface area contributed by atoms with Gasteiger partial charge in [-0.1, -0.05) is 38.1 Å². The number of anilines is 2. The summed E-state index contributed by atoms with van der Waals surface area (Å²) in [6, 6.07) is 17.2. The van der Waals surface area contributed by atoms with Crippen molar-refractivity contribution in [1.82, 2.24) is 5.32 Å². The average molecular weight is 354 g/mol. The molecule has 3 nitrogen and oxygen atoms in total. The van der Waals surface area contributed by atoms with Crippen molar-refractivity contribution >= 4 is 28.7 Å². The van der Waals surface area contributed by atoms with Gasteiger partial charge < -0.3 is 15.5 Å². The monoisotopic (exact) mass is 353 g/mol. The molecule has 0 saturated carbocycles. The fraction of sp³-hybridized carbons (Fsp3) is 0.381. The second kappa shape index (κ2) is 8.34. The van der Waals surface area contributed by atoms with Gasteiger partial charge >= 0.3 is 0 Å². The molecule has 0 aliphatic carbocycles. The van der Waals surface area contributed by atoms with E-state index in [1.165, 1.54) is 42.7 Å². The lowest BCUT2D eigenvalue weighted by atomic mass is 10.0. The Morgan fingerprint density at radius 1 is 1.00 bits per heavy atom. The zero-order chi connectivity index (χ0) is 17.6. The summed E-state index contributed by atoms with van der Waals surface area (Å²) in [5.74, 6) is 0.544. The maximum atomic E-state index is 5.40. The van der Waals surface area contributed by atoms with E-state index in [4.69, 9.17) is 12.2 Å². The summed E-state index contributed by atoms with van der Waals surface area (Å²) in [6.07, 6.45) is 2.61. The van der Waals surface area contributed by atoms with E-state index in [9.17, 15) is 0 Å². The van der Waals surface area contributed by atoms with Gasteiger partial charge in [0.2, 0.25) is 0 Å². The first-order valence-corrected chi connectivity index (χ1v) is 9.51. The van der Waals surface area contributed by atoms with Gasteiger partial charge in [-0.15, -0.1) is 0 Å². The van der Waals surface area contributed by atoms with E-state index >= 15 is 0 Å². The summed E-state index contributed by atoms with van der Waals surface area (Å²) < 4.78 is 0. The number of rotatable bonds is 5. The third-order valence-electron chi connectivity index (χ3n) is 4.70. The molecule has 1 aliphatic rings. The molecule has 0 atom stereocenters. The Kier molecular flexibility index (Phi) is 5.92. The number of hydrogen-bond donors (Lipinski definition) is 2. The van der Waals surface area contributed by atoms with Crippen molar-refractivity contribution in [2.45, 2.75) is 39.2 Å². The molecule has 3 rings (SSSR count). The third kappa shape index (κ3) is 4.95. The molecule has 0 radical (unpaired) electrons. The van der Waals surface area contributed by atoms with Crippen LogP contribution in [0.4, 0.5) is 11.4 Å². The quantitative estimate of drug-likeness (QED) is 0.748. The topological polar surface area (TPSA) is 27.3 Å². The van der Waals surface area contributed by atoms with Gasteiger partial charge in [-0.3, -0.25) is 0 Å². The molecular formula is C21H27N3S. The fourth-order valence-electron chi connectivity index (χ4n) is 3.11. The highest BCUT2D eigenvalue weighted by atomic mass is 32.1. The Hall–Kier alpha value is -2.07. The molecule has 4 heteroatoms. The minimum atomic E-state index is 0.544. The SMILES string of the molecule is CC(C)c1ccc(NC(=S)NCc2ccc(N3CCCC3)cc2)cc1. The Morgan fingerprint density at radius 2 is 1.64 bits per heavy atom. The van der Waals surface area contributed by atoms with Gasteiger partial charge in [-0.25, -0.2) is 0 Å². The van der Waals surface area contributed by atoms with Gasteiger partial charge in [0.1, 0.15) is 0 Å². The van der Waals surface area contributed by atoms with Crippen LogP contribution < -0.4 is 15.5 Å². The molecule has 25 heavy (non-hydrogen) atoms. The molecule has 1 saturated heterocycles. The molecule has 2 aromatic carbocycles. The van der Waals surface area contributed by atoms with Gasteiger partial charge in [-0.05, 0) is 66.4 Å². The third-order valence-corrected chi connectivity index (χ3v) is 4.94. The Labute approximate surface area is 156 Å². The maximum Gasteiger partial charge on any atom is 0.171 e. The smallest absolute Gasteiger partial charge is 0.171 e. The normalized spacial score (nSPS) is 14.0. The van der Waals surface area contributed by atoms with Crippen LogP contribution in [0.5, 0.6) is 0 Å². The van der Waals surface area contributed by atoms with Crippen LogP contribution in [-0.2, 0) is 6.54 Å². The van der Waals surface area contributed by atoms with Crippen LogP contribution in [0.3, 0.4) is 0 Å². The predicted molar refractivity (Wildman–Crippen MR) is 111 cm³/mol. The summed E-state index contributed by atoms with van der Waals surface area (Å²) >= 11 is 5.40. The van der Waals surface area contributed by atoms with Crippen molar-refractivity contribution in [2.75, 3.05) is 23.3 Å². The summed E-state index contributed by atoms with van der Waals surface area (Å²) in [6.45, 7) is 7.49. The van der Waals surface area contributed by atoms with Crippen LogP contribution in [0.25, 0.3) is 0 Å². The molecule has 1 heterocycles. The lowest BCUT2D eigenvalue weighted by Crippen LogP contribution is -2.27. The summed E-state index contributed by atoms with van der Waals surface area (Å²) in [4.78, 5) is 2.45. The van der Waals surface area contributed by atoms with Crippen LogP contribution in [0.15, 0.2) is 48.5 Å². The van der Waals surface area contributed by atoms with E-state index in [0.717, 1.165) is 12.2 Å². The highest BCUT2D eigenvalue weighted by Crippen LogP contribution is 2.20. The minimum absolute atomic E-state index is 0.544. The van der Waals surface area contributed by atoms with Crippen molar-refractivity contribution in [2.24, 2.45) is 0 Å². The molecule has 1 aliphatic heterocycles. The Morgan fingerprint density at radius 3 is 2.24 bits per heavy atom. The van der Waals surface area contributed by atoms with E-state index in [1.54, 1.807) is 0 Å². The van der Waals surface area contributed by atoms with E-state index in [-0.39, 0.29) is 0 Å². The van der Waals surface area contributed by atoms with Crippen LogP contribution in [0.1, 0.15) is 43.7 Å². The number of thiocarbonyl (C=S) groups is 1. The molecule has 0 amide bonds. The number of nitrogens with zero attached hydrogens (tertiary/aromatic N) is 1. The fourth-order valence-corrected chi connectivity index (χ4v) is 3.30. The maximum absolute atomic E-state index is 5.40. The van der Waals surface area contributed by atoms with E-state index < -0.39 is 0 Å². The summed E-state index contributed by atoms with van der Waals surface area (Å²) in [7, 11) is 0. The largest absolute Gasteiger partial charge is 0.372 e. The zero-order valence-corrected chi connectivity index (χ0v) is 15.9. The van der Waals surface area contributed by atoms with Crippen LogP contribution >= 0.6 is 12.2 Å². The van der Waals surface area contributed by atoms with Crippen molar-refractivity contribution < 1.29 is 0 Å². The van der Waals surface area contributed by atoms with Crippen molar-refractivity contribution in [3.63, 3.8) is 0 Å². The molecule has 2 N–H and O–H groups in total. The van der Waals surface area contributed by atoms with Gasteiger partial charge in [0.15, 0.2) is 5.11 Å². The van der Waals surface area contributed by atoms with E-state index in [1.807, 2.05) is 0 Å². The molecule has 0 unspecified atom stereocenters. The first kappa shape index (κ1) is 17.7. The Balaban J connectivity index is 1.48. The van der Waals surface area contributed by atoms with Crippen molar-refractivity contribution in [1.29, 1.82) is 0 Å². The lowest BCUT2D eigenvalue weighted by molar-refractivity contribution is 0.867. The molecule has 0 bridgehead atoms. The number of benzene rings is 2. The zero-order valence-electron chi connectivity index (χ0n) is 15.1. The second-order valence-corrected chi connectivity index (χ2v) is 7.35. The van der Waals surface area contributed by atoms with Crippen molar-refractivity contribution in [3.8, 4) is 0 Å². The van der Waals surface area contributed by atoms with E-state index in [2.05, 4.69) is 77.9 Å². The molecule has 1 fully saturated rings. The second-order valence-electron chi connectivity index (χ2n) is 6.94. The van der Waals surface area contributed by atoms with Gasteiger partial charge in [0, 0.05) is 31.0 Å². The summed E-state index contributed by atoms with van der Waals surface area (Å²) in [5, 5.41) is 7.18. The molecule has 0 spiro atoms. The van der Waals surface area contributed by atoms with Crippen LogP contribution in [0, 0.1) is 0 Å². The average Bonchev–Trinajstić information content (AvgIpc) is 3.15. The lowest BCUT2D eigenvalue weighted by Gasteiger charge is -2.18. The minimum Gasteiger partial charge on any atom is -0.372 e. The highest BCUT2D eigenvalue weighted by molar-refractivity contribution is 7.80. The number of hydrogen-bond acceptors (Lipinski definition) is 2. The van der Waals surface area contributed by atoms with Crippen molar-refractivity contribution in [3.05, 3.63) is 59.7 Å².